The normalized spacial score (nSPS) is 10.3. The summed E-state index contributed by atoms with van der Waals surface area (Å²) in [7, 11) is 0. The fourth-order valence-corrected chi connectivity index (χ4v) is 1.84. The summed E-state index contributed by atoms with van der Waals surface area (Å²) in [5, 5.41) is 0. The molecular formula is C16H17. The average Bonchev–Trinajstić information content (AvgIpc) is 2.33. The number of rotatable bonds is 4. The highest BCUT2D eigenvalue weighted by Crippen LogP contribution is 2.09. The van der Waals surface area contributed by atoms with E-state index in [0.29, 0.717) is 0 Å². The molecule has 0 bridgehead atoms. The Balaban J connectivity index is 1.82. The highest BCUT2D eigenvalue weighted by atomic mass is 14.0. The number of hydrogen-bond donors (Lipinski definition) is 0. The standard InChI is InChI=1S/C16H17/c1-14-10-12-16(13-11-14)9-5-8-15-6-3-2-4-7-15/h3-4,6-7,10-13H,5,8-9H2,1H3. The molecule has 0 saturated carbocycles. The highest BCUT2D eigenvalue weighted by molar-refractivity contribution is 5.21. The zero-order valence-electron chi connectivity index (χ0n) is 9.74. The van der Waals surface area contributed by atoms with Crippen molar-refractivity contribution >= 4 is 0 Å². The van der Waals surface area contributed by atoms with E-state index in [2.05, 4.69) is 49.4 Å². The summed E-state index contributed by atoms with van der Waals surface area (Å²) in [6.07, 6.45) is 3.54. The van der Waals surface area contributed by atoms with Crippen molar-refractivity contribution in [3.05, 3.63) is 71.3 Å². The minimum Gasteiger partial charge on any atom is -0.0591 e. The van der Waals surface area contributed by atoms with Crippen molar-refractivity contribution in [1.82, 2.24) is 0 Å². The average molecular weight is 209 g/mol. The molecule has 0 N–H and O–H groups in total. The maximum absolute atomic E-state index is 3.05. The molecule has 2 aromatic carbocycles. The Kier molecular flexibility index (Phi) is 3.76. The molecule has 0 aliphatic rings. The van der Waals surface area contributed by atoms with Crippen LogP contribution in [0.3, 0.4) is 0 Å². The second kappa shape index (κ2) is 5.50. The number of benzene rings is 2. The Hall–Kier alpha value is -1.56. The third-order valence-electron chi connectivity index (χ3n) is 2.84. The SMILES string of the molecule is Cc1ccc(CCCc2cc[c]cc2)cc1. The molecule has 0 unspecified atom stereocenters. The van der Waals surface area contributed by atoms with Crippen molar-refractivity contribution in [3.63, 3.8) is 0 Å². The lowest BCUT2D eigenvalue weighted by molar-refractivity contribution is 0.820. The molecule has 16 heavy (non-hydrogen) atoms. The van der Waals surface area contributed by atoms with Crippen LogP contribution >= 0.6 is 0 Å². The van der Waals surface area contributed by atoms with Crippen LogP contribution in [-0.4, -0.2) is 0 Å². The van der Waals surface area contributed by atoms with E-state index in [1.165, 1.54) is 29.5 Å². The molecule has 0 spiro atoms. The summed E-state index contributed by atoms with van der Waals surface area (Å²) in [6.45, 7) is 2.13. The largest absolute Gasteiger partial charge is 0.0591 e. The fourth-order valence-electron chi connectivity index (χ4n) is 1.84. The van der Waals surface area contributed by atoms with Crippen LogP contribution in [0.5, 0.6) is 0 Å². The summed E-state index contributed by atoms with van der Waals surface area (Å²) in [5.74, 6) is 0. The van der Waals surface area contributed by atoms with Crippen molar-refractivity contribution in [1.29, 1.82) is 0 Å². The lowest BCUT2D eigenvalue weighted by Gasteiger charge is -2.02. The Labute approximate surface area is 97.9 Å². The Bertz CT molecular complexity index is 412. The molecular weight excluding hydrogens is 192 g/mol. The zero-order chi connectivity index (χ0) is 11.2. The zero-order valence-corrected chi connectivity index (χ0v) is 9.74. The van der Waals surface area contributed by atoms with Gasteiger partial charge in [0, 0.05) is 0 Å². The molecule has 0 aromatic heterocycles. The van der Waals surface area contributed by atoms with Gasteiger partial charge in [0.15, 0.2) is 0 Å². The molecule has 0 saturated heterocycles. The van der Waals surface area contributed by atoms with Crippen LogP contribution in [-0.2, 0) is 12.8 Å². The first-order valence-electron chi connectivity index (χ1n) is 5.85. The highest BCUT2D eigenvalue weighted by Gasteiger charge is 1.95. The molecule has 0 fully saturated rings. The molecule has 0 amide bonds. The molecule has 0 aliphatic heterocycles. The first kappa shape index (κ1) is 10.9. The molecule has 0 heterocycles. The predicted octanol–water partition coefficient (Wildman–Crippen LogP) is 3.97. The van der Waals surface area contributed by atoms with E-state index in [9.17, 15) is 0 Å². The van der Waals surface area contributed by atoms with Gasteiger partial charge in [0.1, 0.15) is 0 Å². The molecule has 0 nitrogen and oxygen atoms in total. The molecule has 0 atom stereocenters. The Morgan fingerprint density at radius 3 is 2.00 bits per heavy atom. The maximum atomic E-state index is 3.05. The Morgan fingerprint density at radius 1 is 0.812 bits per heavy atom. The fraction of sp³-hybridized carbons (Fsp3) is 0.250. The Morgan fingerprint density at radius 2 is 1.38 bits per heavy atom. The second-order valence-electron chi connectivity index (χ2n) is 4.25. The van der Waals surface area contributed by atoms with Crippen LogP contribution in [0.15, 0.2) is 48.5 Å². The van der Waals surface area contributed by atoms with Gasteiger partial charge in [0.05, 0.1) is 0 Å². The topological polar surface area (TPSA) is 0 Å². The van der Waals surface area contributed by atoms with Crippen LogP contribution in [0.2, 0.25) is 0 Å². The summed E-state index contributed by atoms with van der Waals surface area (Å²) in [4.78, 5) is 0. The van der Waals surface area contributed by atoms with E-state index in [-0.39, 0.29) is 0 Å². The quantitative estimate of drug-likeness (QED) is 0.714. The molecule has 0 aliphatic carbocycles. The predicted molar refractivity (Wildman–Crippen MR) is 68.5 cm³/mol. The smallest absolute Gasteiger partial charge is 0.0184 e. The lowest BCUT2D eigenvalue weighted by Crippen LogP contribution is -1.89. The van der Waals surface area contributed by atoms with Gasteiger partial charge in [0.25, 0.3) is 0 Å². The van der Waals surface area contributed by atoms with Crippen LogP contribution in [0, 0.1) is 13.0 Å². The summed E-state index contributed by atoms with van der Waals surface area (Å²) in [6, 6.07) is 20.2. The van der Waals surface area contributed by atoms with E-state index < -0.39 is 0 Å². The lowest BCUT2D eigenvalue weighted by atomic mass is 10.0. The van der Waals surface area contributed by atoms with Crippen LogP contribution in [0.25, 0.3) is 0 Å². The van der Waals surface area contributed by atoms with E-state index in [4.69, 9.17) is 0 Å². The molecule has 2 aromatic rings. The maximum Gasteiger partial charge on any atom is -0.0184 e. The van der Waals surface area contributed by atoms with E-state index in [1.54, 1.807) is 0 Å². The van der Waals surface area contributed by atoms with Crippen LogP contribution < -0.4 is 0 Å². The van der Waals surface area contributed by atoms with Gasteiger partial charge < -0.3 is 0 Å². The van der Waals surface area contributed by atoms with Gasteiger partial charge in [-0.05, 0) is 43.4 Å². The summed E-state index contributed by atoms with van der Waals surface area (Å²) in [5.41, 5.74) is 4.18. The summed E-state index contributed by atoms with van der Waals surface area (Å²) < 4.78 is 0. The van der Waals surface area contributed by atoms with Crippen molar-refractivity contribution in [2.75, 3.05) is 0 Å². The van der Waals surface area contributed by atoms with Gasteiger partial charge in [0.2, 0.25) is 0 Å². The third-order valence-corrected chi connectivity index (χ3v) is 2.84. The minimum atomic E-state index is 1.16. The van der Waals surface area contributed by atoms with Gasteiger partial charge in [-0.1, -0.05) is 54.1 Å². The van der Waals surface area contributed by atoms with Crippen LogP contribution in [0.4, 0.5) is 0 Å². The van der Waals surface area contributed by atoms with Gasteiger partial charge in [-0.3, -0.25) is 0 Å². The molecule has 81 valence electrons. The van der Waals surface area contributed by atoms with Gasteiger partial charge in [-0.15, -0.1) is 0 Å². The van der Waals surface area contributed by atoms with Crippen molar-refractivity contribution < 1.29 is 0 Å². The van der Waals surface area contributed by atoms with E-state index >= 15 is 0 Å². The number of aryl methyl sites for hydroxylation is 3. The second-order valence-corrected chi connectivity index (χ2v) is 4.25. The van der Waals surface area contributed by atoms with E-state index in [1.807, 2.05) is 12.1 Å². The molecule has 1 radical (unpaired) electrons. The summed E-state index contributed by atoms with van der Waals surface area (Å²) >= 11 is 0. The van der Waals surface area contributed by atoms with Gasteiger partial charge >= 0.3 is 0 Å². The molecule has 2 rings (SSSR count). The van der Waals surface area contributed by atoms with Gasteiger partial charge in [-0.2, -0.15) is 0 Å². The van der Waals surface area contributed by atoms with Gasteiger partial charge in [-0.25, -0.2) is 0 Å². The third kappa shape index (κ3) is 3.23. The molecule has 0 heteroatoms. The van der Waals surface area contributed by atoms with Crippen molar-refractivity contribution in [2.45, 2.75) is 26.2 Å². The van der Waals surface area contributed by atoms with Crippen molar-refractivity contribution in [2.24, 2.45) is 0 Å². The van der Waals surface area contributed by atoms with Crippen LogP contribution in [0.1, 0.15) is 23.1 Å². The first-order chi connectivity index (χ1) is 7.84. The minimum absolute atomic E-state index is 1.16. The monoisotopic (exact) mass is 209 g/mol. The number of hydrogen-bond acceptors (Lipinski definition) is 0. The first-order valence-corrected chi connectivity index (χ1v) is 5.85. The van der Waals surface area contributed by atoms with E-state index in [0.717, 1.165) is 6.42 Å². The van der Waals surface area contributed by atoms with Crippen molar-refractivity contribution in [3.8, 4) is 0 Å².